The Morgan fingerprint density at radius 1 is 1.10 bits per heavy atom. The second kappa shape index (κ2) is 7.21. The molecular weight excluding hydrogens is 258 g/mol. The van der Waals surface area contributed by atoms with Gasteiger partial charge < -0.3 is 5.32 Å². The van der Waals surface area contributed by atoms with Crippen molar-refractivity contribution in [3.8, 4) is 0 Å². The van der Waals surface area contributed by atoms with E-state index >= 15 is 0 Å². The van der Waals surface area contributed by atoms with Gasteiger partial charge in [-0.1, -0.05) is 43.7 Å². The number of hydrogen-bond donors (Lipinski definition) is 1. The Morgan fingerprint density at radius 3 is 2.43 bits per heavy atom. The quantitative estimate of drug-likeness (QED) is 0.870. The molecule has 0 saturated carbocycles. The lowest BCUT2D eigenvalue weighted by molar-refractivity contribution is 0.631. The molecule has 0 aliphatic rings. The van der Waals surface area contributed by atoms with Crippen LogP contribution in [-0.4, -0.2) is 16.5 Å². The van der Waals surface area contributed by atoms with Crippen LogP contribution in [0.2, 0.25) is 0 Å². The minimum absolute atomic E-state index is 0.599. The molecule has 0 fully saturated rings. The first-order valence-corrected chi connectivity index (χ1v) is 7.73. The summed E-state index contributed by atoms with van der Waals surface area (Å²) >= 11 is 0. The lowest BCUT2D eigenvalue weighted by Gasteiger charge is -2.10. The van der Waals surface area contributed by atoms with Gasteiger partial charge in [0.2, 0.25) is 0 Å². The zero-order chi connectivity index (χ0) is 15.2. The molecule has 2 rings (SSSR count). The molecule has 0 aliphatic heterocycles. The van der Waals surface area contributed by atoms with Crippen molar-refractivity contribution < 1.29 is 0 Å². The van der Waals surface area contributed by atoms with E-state index in [0.717, 1.165) is 36.7 Å². The minimum Gasteiger partial charge on any atom is -0.370 e. The summed E-state index contributed by atoms with van der Waals surface area (Å²) in [6.45, 7) is 9.50. The molecule has 3 nitrogen and oxygen atoms in total. The van der Waals surface area contributed by atoms with Gasteiger partial charge in [-0.15, -0.1) is 0 Å². The highest BCUT2D eigenvalue weighted by Gasteiger charge is 2.07. The molecule has 0 aliphatic carbocycles. The third-order valence-corrected chi connectivity index (χ3v) is 3.28. The number of rotatable bonds is 6. The van der Waals surface area contributed by atoms with E-state index in [4.69, 9.17) is 4.98 Å². The number of hydrogen-bond acceptors (Lipinski definition) is 3. The van der Waals surface area contributed by atoms with E-state index in [-0.39, 0.29) is 0 Å². The molecule has 2 aromatic rings. The minimum atomic E-state index is 0.599. The Bertz CT molecular complexity index is 574. The number of anilines is 1. The largest absolute Gasteiger partial charge is 0.370 e. The van der Waals surface area contributed by atoms with Crippen molar-refractivity contribution in [2.45, 2.75) is 40.5 Å². The van der Waals surface area contributed by atoms with E-state index < -0.39 is 0 Å². The summed E-state index contributed by atoms with van der Waals surface area (Å²) in [5, 5.41) is 3.31. The fraction of sp³-hybridized carbons (Fsp3) is 0.444. The van der Waals surface area contributed by atoms with Crippen LogP contribution in [0.4, 0.5) is 5.82 Å². The molecule has 0 amide bonds. The van der Waals surface area contributed by atoms with Crippen molar-refractivity contribution in [1.82, 2.24) is 9.97 Å². The van der Waals surface area contributed by atoms with Crippen LogP contribution in [0.5, 0.6) is 0 Å². The summed E-state index contributed by atoms with van der Waals surface area (Å²) in [5.41, 5.74) is 3.66. The summed E-state index contributed by atoms with van der Waals surface area (Å²) in [6.07, 6.45) is 1.77. The summed E-state index contributed by atoms with van der Waals surface area (Å²) in [5.74, 6) is 2.43. The summed E-state index contributed by atoms with van der Waals surface area (Å²) in [4.78, 5) is 9.35. The van der Waals surface area contributed by atoms with Crippen molar-refractivity contribution in [3.05, 3.63) is 53.0 Å². The van der Waals surface area contributed by atoms with Gasteiger partial charge in [0.1, 0.15) is 11.6 Å². The summed E-state index contributed by atoms with van der Waals surface area (Å²) < 4.78 is 0. The number of nitrogens with zero attached hydrogens (tertiary/aromatic N) is 2. The van der Waals surface area contributed by atoms with Gasteiger partial charge in [-0.25, -0.2) is 9.97 Å². The fourth-order valence-corrected chi connectivity index (χ4v) is 2.31. The molecule has 0 radical (unpaired) electrons. The van der Waals surface area contributed by atoms with Gasteiger partial charge in [-0.05, 0) is 31.7 Å². The molecule has 112 valence electrons. The van der Waals surface area contributed by atoms with Gasteiger partial charge in [-0.3, -0.25) is 0 Å². The van der Waals surface area contributed by atoms with Gasteiger partial charge >= 0.3 is 0 Å². The van der Waals surface area contributed by atoms with E-state index in [9.17, 15) is 0 Å². The zero-order valence-electron chi connectivity index (χ0n) is 13.5. The zero-order valence-corrected chi connectivity index (χ0v) is 13.5. The fourth-order valence-electron chi connectivity index (χ4n) is 2.31. The third kappa shape index (κ3) is 4.85. The summed E-state index contributed by atoms with van der Waals surface area (Å²) in [6, 6.07) is 10.7. The number of aromatic nitrogens is 2. The molecule has 0 atom stereocenters. The molecular formula is C18H25N3. The third-order valence-electron chi connectivity index (χ3n) is 3.28. The molecule has 3 heteroatoms. The Kier molecular flexibility index (Phi) is 5.32. The van der Waals surface area contributed by atoms with Crippen molar-refractivity contribution in [3.63, 3.8) is 0 Å². The number of aryl methyl sites for hydroxylation is 1. The molecule has 0 bridgehead atoms. The van der Waals surface area contributed by atoms with E-state index in [2.05, 4.69) is 68.3 Å². The average Bonchev–Trinajstić information content (AvgIpc) is 2.41. The molecule has 0 unspecified atom stereocenters. The molecule has 0 saturated heterocycles. The Hall–Kier alpha value is -1.90. The maximum Gasteiger partial charge on any atom is 0.135 e. The van der Waals surface area contributed by atoms with Crippen molar-refractivity contribution in [1.29, 1.82) is 0 Å². The number of nitrogens with one attached hydrogen (secondary N) is 1. The van der Waals surface area contributed by atoms with Crippen LogP contribution in [0.25, 0.3) is 0 Å². The molecule has 1 aromatic carbocycles. The molecule has 1 N–H and O–H groups in total. The molecule has 1 aromatic heterocycles. The average molecular weight is 283 g/mol. The van der Waals surface area contributed by atoms with Crippen molar-refractivity contribution >= 4 is 5.82 Å². The van der Waals surface area contributed by atoms with Crippen LogP contribution in [0.1, 0.15) is 43.4 Å². The Balaban J connectivity index is 2.24. The maximum absolute atomic E-state index is 4.72. The monoisotopic (exact) mass is 283 g/mol. The van der Waals surface area contributed by atoms with Gasteiger partial charge in [0.05, 0.1) is 0 Å². The Labute approximate surface area is 127 Å². The second-order valence-corrected chi connectivity index (χ2v) is 5.95. The van der Waals surface area contributed by atoms with Crippen LogP contribution in [0.15, 0.2) is 30.3 Å². The highest BCUT2D eigenvalue weighted by Crippen LogP contribution is 2.14. The van der Waals surface area contributed by atoms with E-state index in [0.29, 0.717) is 5.92 Å². The van der Waals surface area contributed by atoms with Gasteiger partial charge in [-0.2, -0.15) is 0 Å². The topological polar surface area (TPSA) is 37.8 Å². The first kappa shape index (κ1) is 15.5. The molecule has 1 heterocycles. The second-order valence-electron chi connectivity index (χ2n) is 5.95. The summed E-state index contributed by atoms with van der Waals surface area (Å²) in [7, 11) is 0. The van der Waals surface area contributed by atoms with Crippen LogP contribution in [-0.2, 0) is 12.8 Å². The van der Waals surface area contributed by atoms with Crippen LogP contribution < -0.4 is 5.32 Å². The van der Waals surface area contributed by atoms with E-state index in [1.54, 1.807) is 0 Å². The standard InChI is InChI=1S/C18H25N3/c1-5-19-17-12-16(10-13(2)3)20-18(21-17)11-15-8-6-14(4)7-9-15/h6-9,12-13H,5,10-11H2,1-4H3,(H,19,20,21). The first-order chi connectivity index (χ1) is 10.1. The maximum atomic E-state index is 4.72. The number of benzene rings is 1. The normalized spacial score (nSPS) is 10.9. The Morgan fingerprint density at radius 2 is 1.81 bits per heavy atom. The highest BCUT2D eigenvalue weighted by atomic mass is 15.0. The lowest BCUT2D eigenvalue weighted by Crippen LogP contribution is -2.08. The lowest BCUT2D eigenvalue weighted by atomic mass is 10.1. The van der Waals surface area contributed by atoms with E-state index in [1.165, 1.54) is 11.1 Å². The smallest absolute Gasteiger partial charge is 0.135 e. The van der Waals surface area contributed by atoms with E-state index in [1.807, 2.05) is 0 Å². The van der Waals surface area contributed by atoms with Gasteiger partial charge in [0, 0.05) is 24.7 Å². The highest BCUT2D eigenvalue weighted by molar-refractivity contribution is 5.37. The molecule has 0 spiro atoms. The van der Waals surface area contributed by atoms with Crippen LogP contribution >= 0.6 is 0 Å². The predicted molar refractivity (Wildman–Crippen MR) is 88.7 cm³/mol. The van der Waals surface area contributed by atoms with Crippen molar-refractivity contribution in [2.24, 2.45) is 5.92 Å². The van der Waals surface area contributed by atoms with Crippen molar-refractivity contribution in [2.75, 3.05) is 11.9 Å². The van der Waals surface area contributed by atoms with Gasteiger partial charge in [0.15, 0.2) is 0 Å². The van der Waals surface area contributed by atoms with Gasteiger partial charge in [0.25, 0.3) is 0 Å². The van der Waals surface area contributed by atoms with Crippen LogP contribution in [0.3, 0.4) is 0 Å². The predicted octanol–water partition coefficient (Wildman–Crippen LogP) is 4.01. The molecule has 21 heavy (non-hydrogen) atoms. The first-order valence-electron chi connectivity index (χ1n) is 7.73. The van der Waals surface area contributed by atoms with Crippen LogP contribution in [0, 0.1) is 12.8 Å². The SMILES string of the molecule is CCNc1cc(CC(C)C)nc(Cc2ccc(C)cc2)n1.